The molecule has 0 saturated heterocycles. The number of esters is 1. The van der Waals surface area contributed by atoms with Crippen LogP contribution in [-0.4, -0.2) is 34.7 Å². The van der Waals surface area contributed by atoms with Crippen LogP contribution in [0.25, 0.3) is 0 Å². The van der Waals surface area contributed by atoms with Crippen molar-refractivity contribution in [2.45, 2.75) is 59.0 Å². The zero-order chi connectivity index (χ0) is 15.7. The number of rotatable bonds is 10. The van der Waals surface area contributed by atoms with Gasteiger partial charge in [0, 0.05) is 12.8 Å². The van der Waals surface area contributed by atoms with Crippen molar-refractivity contribution >= 4 is 23.5 Å². The third kappa shape index (κ3) is 7.01. The predicted octanol–water partition coefficient (Wildman–Crippen LogP) is 1.75. The SMILES string of the molecule is CCCC(CC)OC(=O)C(=O)CC(C)CC(=O)C(=O)O. The Morgan fingerprint density at radius 1 is 1.05 bits per heavy atom. The van der Waals surface area contributed by atoms with Gasteiger partial charge in [-0.2, -0.15) is 0 Å². The summed E-state index contributed by atoms with van der Waals surface area (Å²) in [6.07, 6.45) is 1.47. The molecular formula is C14H22O6. The molecule has 2 atom stereocenters. The lowest BCUT2D eigenvalue weighted by molar-refractivity contribution is -0.158. The summed E-state index contributed by atoms with van der Waals surface area (Å²) in [5.74, 6) is -4.60. The van der Waals surface area contributed by atoms with Crippen molar-refractivity contribution < 1.29 is 29.0 Å². The Balaban J connectivity index is 4.28. The number of Topliss-reactive ketones (excluding diaryl/α,β-unsaturated/α-hetero) is 2. The van der Waals surface area contributed by atoms with Gasteiger partial charge in [-0.05, 0) is 18.8 Å². The monoisotopic (exact) mass is 286 g/mol. The van der Waals surface area contributed by atoms with Crippen LogP contribution in [0.5, 0.6) is 0 Å². The maximum Gasteiger partial charge on any atom is 0.374 e. The van der Waals surface area contributed by atoms with Crippen LogP contribution in [-0.2, 0) is 23.9 Å². The van der Waals surface area contributed by atoms with Crippen LogP contribution in [0.4, 0.5) is 0 Å². The average Bonchev–Trinajstić information content (AvgIpc) is 2.37. The number of carboxylic acid groups (broad SMARTS) is 1. The summed E-state index contributed by atoms with van der Waals surface area (Å²) in [4.78, 5) is 44.6. The maximum atomic E-state index is 11.6. The van der Waals surface area contributed by atoms with E-state index in [-0.39, 0.29) is 18.9 Å². The minimum Gasteiger partial charge on any atom is -0.476 e. The Labute approximate surface area is 118 Å². The normalized spacial score (nSPS) is 13.3. The van der Waals surface area contributed by atoms with Crippen LogP contribution in [0.1, 0.15) is 52.9 Å². The smallest absolute Gasteiger partial charge is 0.374 e. The lowest BCUT2D eigenvalue weighted by Crippen LogP contribution is -2.26. The standard InChI is InChI=1S/C14H22O6/c1-4-6-10(5-2)20-14(19)12(16)8-9(3)7-11(15)13(17)18/h9-10H,4-8H2,1-3H3,(H,17,18). The second kappa shape index (κ2) is 9.23. The van der Waals surface area contributed by atoms with Gasteiger partial charge in [0.2, 0.25) is 11.6 Å². The number of aliphatic carboxylic acids is 1. The number of carbonyl (C=O) groups is 4. The summed E-state index contributed by atoms with van der Waals surface area (Å²) in [6.45, 7) is 5.37. The molecule has 6 heteroatoms. The number of hydrogen-bond acceptors (Lipinski definition) is 5. The molecule has 0 saturated carbocycles. The minimum absolute atomic E-state index is 0.180. The first-order valence-corrected chi connectivity index (χ1v) is 6.81. The van der Waals surface area contributed by atoms with Gasteiger partial charge < -0.3 is 9.84 Å². The molecule has 0 heterocycles. The van der Waals surface area contributed by atoms with E-state index in [9.17, 15) is 19.2 Å². The molecule has 0 radical (unpaired) electrons. The third-order valence-corrected chi connectivity index (χ3v) is 2.87. The van der Waals surface area contributed by atoms with Crippen molar-refractivity contribution in [3.05, 3.63) is 0 Å². The summed E-state index contributed by atoms with van der Waals surface area (Å²) >= 11 is 0. The van der Waals surface area contributed by atoms with E-state index in [0.717, 1.165) is 6.42 Å². The summed E-state index contributed by atoms with van der Waals surface area (Å²) in [5.41, 5.74) is 0. The van der Waals surface area contributed by atoms with E-state index in [1.54, 1.807) is 6.92 Å². The van der Waals surface area contributed by atoms with E-state index in [4.69, 9.17) is 9.84 Å². The van der Waals surface area contributed by atoms with E-state index < -0.39 is 29.4 Å². The molecule has 0 bridgehead atoms. The van der Waals surface area contributed by atoms with Crippen molar-refractivity contribution in [3.8, 4) is 0 Å². The van der Waals surface area contributed by atoms with E-state index in [2.05, 4.69) is 0 Å². The van der Waals surface area contributed by atoms with Gasteiger partial charge in [0.25, 0.3) is 0 Å². The summed E-state index contributed by atoms with van der Waals surface area (Å²) < 4.78 is 5.07. The van der Waals surface area contributed by atoms with Crippen LogP contribution in [0.2, 0.25) is 0 Å². The molecular weight excluding hydrogens is 264 g/mol. The van der Waals surface area contributed by atoms with Crippen LogP contribution in [0.15, 0.2) is 0 Å². The molecule has 0 rings (SSSR count). The molecule has 0 amide bonds. The highest BCUT2D eigenvalue weighted by Crippen LogP contribution is 2.12. The summed E-state index contributed by atoms with van der Waals surface area (Å²) in [6, 6.07) is 0. The van der Waals surface area contributed by atoms with Gasteiger partial charge in [0.15, 0.2) is 0 Å². The molecule has 0 aromatic carbocycles. The summed E-state index contributed by atoms with van der Waals surface area (Å²) in [5, 5.41) is 8.46. The highest BCUT2D eigenvalue weighted by molar-refractivity contribution is 6.34. The molecule has 2 unspecified atom stereocenters. The largest absolute Gasteiger partial charge is 0.476 e. The number of carboxylic acids is 1. The van der Waals surface area contributed by atoms with E-state index in [1.165, 1.54) is 0 Å². The second-order valence-corrected chi connectivity index (χ2v) is 4.89. The first-order chi connectivity index (χ1) is 9.31. The highest BCUT2D eigenvalue weighted by Gasteiger charge is 2.24. The quantitative estimate of drug-likeness (QED) is 0.485. The fourth-order valence-electron chi connectivity index (χ4n) is 1.76. The molecule has 20 heavy (non-hydrogen) atoms. The Kier molecular flexibility index (Phi) is 8.43. The van der Waals surface area contributed by atoms with Gasteiger partial charge in [-0.3, -0.25) is 9.59 Å². The second-order valence-electron chi connectivity index (χ2n) is 4.89. The zero-order valence-electron chi connectivity index (χ0n) is 12.2. The highest BCUT2D eigenvalue weighted by atomic mass is 16.5. The maximum absolute atomic E-state index is 11.6. The lowest BCUT2D eigenvalue weighted by Gasteiger charge is -2.15. The Morgan fingerprint density at radius 2 is 1.60 bits per heavy atom. The Hall–Kier alpha value is -1.72. The number of hydrogen-bond donors (Lipinski definition) is 1. The fraction of sp³-hybridized carbons (Fsp3) is 0.714. The molecule has 0 aromatic heterocycles. The van der Waals surface area contributed by atoms with Crippen molar-refractivity contribution in [1.29, 1.82) is 0 Å². The lowest BCUT2D eigenvalue weighted by atomic mass is 9.98. The number of ketones is 2. The van der Waals surface area contributed by atoms with Crippen LogP contribution < -0.4 is 0 Å². The topological polar surface area (TPSA) is 97.7 Å². The molecule has 0 spiro atoms. The van der Waals surface area contributed by atoms with Gasteiger partial charge in [-0.15, -0.1) is 0 Å². The summed E-state index contributed by atoms with van der Waals surface area (Å²) in [7, 11) is 0. The molecule has 1 N–H and O–H groups in total. The Morgan fingerprint density at radius 3 is 2.05 bits per heavy atom. The third-order valence-electron chi connectivity index (χ3n) is 2.87. The molecule has 0 fully saturated rings. The van der Waals surface area contributed by atoms with Gasteiger partial charge in [0.05, 0.1) is 0 Å². The van der Waals surface area contributed by atoms with Crippen molar-refractivity contribution in [2.24, 2.45) is 5.92 Å². The molecule has 0 aromatic rings. The van der Waals surface area contributed by atoms with E-state index >= 15 is 0 Å². The number of ether oxygens (including phenoxy) is 1. The van der Waals surface area contributed by atoms with Gasteiger partial charge in [-0.25, -0.2) is 9.59 Å². The molecule has 0 aliphatic carbocycles. The minimum atomic E-state index is -1.53. The van der Waals surface area contributed by atoms with Crippen molar-refractivity contribution in [3.63, 3.8) is 0 Å². The first-order valence-electron chi connectivity index (χ1n) is 6.81. The van der Waals surface area contributed by atoms with Crippen molar-refractivity contribution in [2.75, 3.05) is 0 Å². The van der Waals surface area contributed by atoms with Gasteiger partial charge in [-0.1, -0.05) is 27.2 Å². The van der Waals surface area contributed by atoms with Gasteiger partial charge in [0.1, 0.15) is 6.10 Å². The molecule has 114 valence electrons. The molecule has 0 aliphatic heterocycles. The van der Waals surface area contributed by atoms with Crippen LogP contribution in [0, 0.1) is 5.92 Å². The molecule has 0 aliphatic rings. The first kappa shape index (κ1) is 18.3. The predicted molar refractivity (Wildman–Crippen MR) is 71.1 cm³/mol. The Bertz CT molecular complexity index is 374. The van der Waals surface area contributed by atoms with Crippen molar-refractivity contribution in [1.82, 2.24) is 0 Å². The van der Waals surface area contributed by atoms with E-state index in [1.807, 2.05) is 13.8 Å². The zero-order valence-corrected chi connectivity index (χ0v) is 12.2. The molecule has 6 nitrogen and oxygen atoms in total. The van der Waals surface area contributed by atoms with Gasteiger partial charge >= 0.3 is 11.9 Å². The number of carbonyl (C=O) groups excluding carboxylic acids is 3. The van der Waals surface area contributed by atoms with Crippen LogP contribution >= 0.6 is 0 Å². The van der Waals surface area contributed by atoms with E-state index in [0.29, 0.717) is 12.8 Å². The van der Waals surface area contributed by atoms with Crippen LogP contribution in [0.3, 0.4) is 0 Å². The fourth-order valence-corrected chi connectivity index (χ4v) is 1.76. The average molecular weight is 286 g/mol.